The lowest BCUT2D eigenvalue weighted by Gasteiger charge is -2.35. The largest absolute Gasteiger partial charge is 0.496 e. The fourth-order valence-corrected chi connectivity index (χ4v) is 3.78. The first-order valence-electron chi connectivity index (χ1n) is 10.2. The van der Waals surface area contributed by atoms with Gasteiger partial charge in [0.2, 0.25) is 0 Å². The monoisotopic (exact) mass is 426 g/mol. The lowest BCUT2D eigenvalue weighted by atomic mass is 9.98. The molecule has 0 amide bonds. The SMILES string of the molecule is C=Cc1c(C(=O)CO[Si](C)(C)C(C)(C)C)cc(OC)c(C)c1OCc1ccccc1. The van der Waals surface area contributed by atoms with Gasteiger partial charge in [0.25, 0.3) is 0 Å². The summed E-state index contributed by atoms with van der Waals surface area (Å²) in [7, 11) is -0.448. The number of hydrogen-bond donors (Lipinski definition) is 0. The molecule has 0 saturated heterocycles. The third kappa shape index (κ3) is 5.40. The Balaban J connectivity index is 2.37. The molecule has 0 unspecified atom stereocenters. The van der Waals surface area contributed by atoms with Crippen molar-refractivity contribution in [3.05, 3.63) is 65.2 Å². The van der Waals surface area contributed by atoms with E-state index in [9.17, 15) is 4.79 Å². The van der Waals surface area contributed by atoms with Crippen molar-refractivity contribution in [2.45, 2.75) is 52.4 Å². The van der Waals surface area contributed by atoms with Gasteiger partial charge in [-0.05, 0) is 36.7 Å². The molecule has 0 bridgehead atoms. The van der Waals surface area contributed by atoms with Gasteiger partial charge in [0.1, 0.15) is 18.1 Å². The average Bonchev–Trinajstić information content (AvgIpc) is 2.70. The van der Waals surface area contributed by atoms with Gasteiger partial charge in [-0.2, -0.15) is 0 Å². The predicted molar refractivity (Wildman–Crippen MR) is 126 cm³/mol. The Morgan fingerprint density at radius 2 is 1.80 bits per heavy atom. The number of rotatable bonds is 9. The van der Waals surface area contributed by atoms with Gasteiger partial charge in [-0.1, -0.05) is 63.8 Å². The van der Waals surface area contributed by atoms with Crippen LogP contribution < -0.4 is 9.47 Å². The predicted octanol–water partition coefficient (Wildman–Crippen LogP) is 6.43. The van der Waals surface area contributed by atoms with Crippen LogP contribution in [0.15, 0.2) is 43.0 Å². The van der Waals surface area contributed by atoms with E-state index in [1.807, 2.05) is 37.3 Å². The fraction of sp³-hybridized carbons (Fsp3) is 0.400. The third-order valence-corrected chi connectivity index (χ3v) is 10.3. The summed E-state index contributed by atoms with van der Waals surface area (Å²) in [4.78, 5) is 13.1. The van der Waals surface area contributed by atoms with Crippen molar-refractivity contribution < 1.29 is 18.7 Å². The summed E-state index contributed by atoms with van der Waals surface area (Å²) in [6.07, 6.45) is 1.67. The smallest absolute Gasteiger partial charge is 0.192 e. The normalized spacial score (nSPS) is 11.8. The Morgan fingerprint density at radius 3 is 2.33 bits per heavy atom. The van der Waals surface area contributed by atoms with Crippen LogP contribution in [0.1, 0.15) is 47.8 Å². The molecule has 30 heavy (non-hydrogen) atoms. The van der Waals surface area contributed by atoms with Crippen molar-refractivity contribution in [2.24, 2.45) is 0 Å². The second-order valence-corrected chi connectivity index (χ2v) is 13.8. The second-order valence-electron chi connectivity index (χ2n) is 8.94. The molecule has 162 valence electrons. The van der Waals surface area contributed by atoms with E-state index in [4.69, 9.17) is 13.9 Å². The van der Waals surface area contributed by atoms with Gasteiger partial charge in [0.15, 0.2) is 14.1 Å². The van der Waals surface area contributed by atoms with Gasteiger partial charge < -0.3 is 13.9 Å². The maximum Gasteiger partial charge on any atom is 0.192 e. The first kappa shape index (κ1) is 23.9. The first-order chi connectivity index (χ1) is 14.0. The van der Waals surface area contributed by atoms with Gasteiger partial charge in [-0.15, -0.1) is 0 Å². The summed E-state index contributed by atoms with van der Waals surface area (Å²) >= 11 is 0. The minimum absolute atomic E-state index is 0.0294. The van der Waals surface area contributed by atoms with Crippen molar-refractivity contribution >= 4 is 20.2 Å². The zero-order valence-electron chi connectivity index (χ0n) is 19.3. The number of benzene rings is 2. The zero-order chi connectivity index (χ0) is 22.5. The molecule has 0 N–H and O–H groups in total. The molecule has 0 radical (unpaired) electrons. The highest BCUT2D eigenvalue weighted by atomic mass is 28.4. The summed E-state index contributed by atoms with van der Waals surface area (Å²) < 4.78 is 17.8. The van der Waals surface area contributed by atoms with E-state index in [0.29, 0.717) is 29.2 Å². The molecular formula is C25H34O4Si. The van der Waals surface area contributed by atoms with Crippen LogP contribution in [0, 0.1) is 6.92 Å². The molecule has 0 spiro atoms. The molecule has 0 heterocycles. The molecule has 5 heteroatoms. The topological polar surface area (TPSA) is 44.8 Å². The van der Waals surface area contributed by atoms with Gasteiger partial charge in [0, 0.05) is 16.7 Å². The van der Waals surface area contributed by atoms with E-state index in [1.54, 1.807) is 19.3 Å². The minimum Gasteiger partial charge on any atom is -0.496 e. The molecule has 0 aromatic heterocycles. The Kier molecular flexibility index (Phi) is 7.67. The maximum absolute atomic E-state index is 13.1. The number of ketones is 1. The van der Waals surface area contributed by atoms with Gasteiger partial charge >= 0.3 is 0 Å². The molecule has 0 aliphatic rings. The minimum atomic E-state index is -2.04. The second kappa shape index (κ2) is 9.62. The van der Waals surface area contributed by atoms with Crippen LogP contribution in [0.5, 0.6) is 11.5 Å². The van der Waals surface area contributed by atoms with E-state index in [0.717, 1.165) is 11.1 Å². The molecule has 2 aromatic carbocycles. The van der Waals surface area contributed by atoms with Crippen LogP contribution in [0.4, 0.5) is 0 Å². The van der Waals surface area contributed by atoms with Crippen LogP contribution in [0.25, 0.3) is 6.08 Å². The summed E-state index contributed by atoms with van der Waals surface area (Å²) in [5, 5.41) is 0.0312. The summed E-state index contributed by atoms with van der Waals surface area (Å²) in [5.41, 5.74) is 3.07. The number of ether oxygens (including phenoxy) is 2. The van der Waals surface area contributed by atoms with E-state index >= 15 is 0 Å². The van der Waals surface area contributed by atoms with Gasteiger partial charge in [0.05, 0.1) is 13.7 Å². The fourth-order valence-electron chi connectivity index (χ4n) is 2.85. The van der Waals surface area contributed by atoms with Crippen LogP contribution in [-0.2, 0) is 11.0 Å². The molecule has 0 aliphatic carbocycles. The Morgan fingerprint density at radius 1 is 1.17 bits per heavy atom. The van der Waals surface area contributed by atoms with E-state index < -0.39 is 8.32 Å². The Bertz CT molecular complexity index is 896. The van der Waals surface area contributed by atoms with Gasteiger partial charge in [-0.3, -0.25) is 4.79 Å². The summed E-state index contributed by atoms with van der Waals surface area (Å²) in [5.74, 6) is 1.13. The Labute approximate surface area is 182 Å². The maximum atomic E-state index is 13.1. The van der Waals surface area contributed by atoms with Crippen molar-refractivity contribution in [1.82, 2.24) is 0 Å². The van der Waals surface area contributed by atoms with Crippen molar-refractivity contribution in [3.63, 3.8) is 0 Å². The van der Waals surface area contributed by atoms with E-state index in [-0.39, 0.29) is 17.4 Å². The number of hydrogen-bond acceptors (Lipinski definition) is 4. The lowest BCUT2D eigenvalue weighted by Crippen LogP contribution is -2.42. The van der Waals surface area contributed by atoms with E-state index in [2.05, 4.69) is 40.4 Å². The number of Topliss-reactive ketones (excluding diaryl/α,β-unsaturated/α-hetero) is 1. The molecule has 4 nitrogen and oxygen atoms in total. The zero-order valence-corrected chi connectivity index (χ0v) is 20.3. The van der Waals surface area contributed by atoms with E-state index in [1.165, 1.54) is 0 Å². The highest BCUT2D eigenvalue weighted by molar-refractivity contribution is 6.74. The van der Waals surface area contributed by atoms with Crippen molar-refractivity contribution in [2.75, 3.05) is 13.7 Å². The number of carbonyl (C=O) groups excluding carboxylic acids is 1. The summed E-state index contributed by atoms with van der Waals surface area (Å²) in [6.45, 7) is 17.0. The highest BCUT2D eigenvalue weighted by Crippen LogP contribution is 2.38. The number of methoxy groups -OCH3 is 1. The lowest BCUT2D eigenvalue weighted by molar-refractivity contribution is 0.0910. The molecule has 0 fully saturated rings. The molecule has 2 rings (SSSR count). The van der Waals surface area contributed by atoms with Crippen LogP contribution in [0.3, 0.4) is 0 Å². The Hall–Kier alpha value is -2.37. The molecule has 0 saturated carbocycles. The van der Waals surface area contributed by atoms with Crippen LogP contribution >= 0.6 is 0 Å². The van der Waals surface area contributed by atoms with Gasteiger partial charge in [-0.25, -0.2) is 0 Å². The standard InChI is InChI=1S/C25H34O4Si/c1-9-20-21(22(26)17-29-30(7,8)25(3,4)5)15-23(27-6)18(2)24(20)28-16-19-13-11-10-12-14-19/h9-15H,1,16-17H2,2-8H3. The molecular weight excluding hydrogens is 392 g/mol. The van der Waals surface area contributed by atoms with Crippen molar-refractivity contribution in [1.29, 1.82) is 0 Å². The van der Waals surface area contributed by atoms with Crippen molar-refractivity contribution in [3.8, 4) is 11.5 Å². The average molecular weight is 427 g/mol. The van der Waals surface area contributed by atoms with Crippen LogP contribution in [0.2, 0.25) is 18.1 Å². The molecule has 2 aromatic rings. The first-order valence-corrected chi connectivity index (χ1v) is 13.1. The molecule has 0 atom stereocenters. The molecule has 0 aliphatic heterocycles. The van der Waals surface area contributed by atoms with Crippen LogP contribution in [-0.4, -0.2) is 27.8 Å². The third-order valence-electron chi connectivity index (χ3n) is 5.84. The number of carbonyl (C=O) groups is 1. The highest BCUT2D eigenvalue weighted by Gasteiger charge is 2.37. The summed E-state index contributed by atoms with van der Waals surface area (Å²) in [6, 6.07) is 11.7. The quantitative estimate of drug-likeness (QED) is 0.342.